The van der Waals surface area contributed by atoms with Crippen molar-refractivity contribution in [3.8, 4) is 29.3 Å². The van der Waals surface area contributed by atoms with Crippen molar-refractivity contribution >= 4 is 77.2 Å². The van der Waals surface area contributed by atoms with Gasteiger partial charge in [-0.1, -0.05) is 285 Å². The largest absolute Gasteiger partial charge is 0.133 e. The van der Waals surface area contributed by atoms with Gasteiger partial charge in [-0.25, -0.2) is 0 Å². The van der Waals surface area contributed by atoms with Crippen molar-refractivity contribution < 1.29 is 0 Å². The SMILES string of the molecule is CCCCCCCCCCCCC(CCCCCCCCCC)Cc1cc(-c2cc(CC(CCCCCCCCCC)CCCCCCCCCCCC)c(-c3ccc(Br)s3)s2)sc1-c1ccc(Br)s1. The molecule has 0 saturated heterocycles. The molecule has 2 atom stereocenters. The van der Waals surface area contributed by atoms with Crippen molar-refractivity contribution in [3.63, 3.8) is 0 Å². The van der Waals surface area contributed by atoms with Gasteiger partial charge in [0.25, 0.3) is 0 Å². The van der Waals surface area contributed by atoms with E-state index in [1.165, 1.54) is 297 Å². The quantitative estimate of drug-likeness (QED) is 0.0387. The molecular weight excluding hydrogens is 1060 g/mol. The van der Waals surface area contributed by atoms with Crippen LogP contribution in [0.5, 0.6) is 0 Å². The molecule has 0 N–H and O–H groups in total. The van der Waals surface area contributed by atoms with Crippen LogP contribution in [0.1, 0.15) is 296 Å². The average molecular weight is 1160 g/mol. The van der Waals surface area contributed by atoms with Crippen LogP contribution in [-0.4, -0.2) is 0 Å². The molecule has 0 bridgehead atoms. The number of hydrogen-bond acceptors (Lipinski definition) is 4. The lowest BCUT2D eigenvalue weighted by Gasteiger charge is -2.17. The number of rotatable bonds is 47. The standard InChI is InChI=1S/C64H104Br2S4/c1-5-9-13-17-21-25-27-31-35-39-43-53(41-37-33-29-23-19-15-11-7-3)49-55-51-59(69-63(55)57-45-47-61(65)67-57)60-52-56(64(70-60)58-46-48-62(66)68-58)50-54(42-38-34-30-24-20-16-12-8-4)44-40-36-32-28-26-22-18-14-10-6-2/h45-48,51-54H,5-44,49-50H2,1-4H3. The Kier molecular flexibility index (Phi) is 36.5. The predicted molar refractivity (Wildman–Crippen MR) is 331 cm³/mol. The Balaban J connectivity index is 1.52. The molecule has 0 aliphatic carbocycles. The van der Waals surface area contributed by atoms with Gasteiger partial charge in [0.05, 0.1) is 7.57 Å². The minimum atomic E-state index is 0.777. The summed E-state index contributed by atoms with van der Waals surface area (Å²) in [5.41, 5.74) is 3.24. The minimum absolute atomic E-state index is 0.777. The van der Waals surface area contributed by atoms with Crippen molar-refractivity contribution in [2.45, 2.75) is 297 Å². The lowest BCUT2D eigenvalue weighted by molar-refractivity contribution is 0.400. The van der Waals surface area contributed by atoms with E-state index in [0.29, 0.717) is 0 Å². The monoisotopic (exact) mass is 1160 g/mol. The Morgan fingerprint density at radius 1 is 0.300 bits per heavy atom. The molecule has 0 aliphatic rings. The molecule has 4 rings (SSSR count). The molecule has 0 radical (unpaired) electrons. The summed E-state index contributed by atoms with van der Waals surface area (Å²) in [4.78, 5) is 8.98. The molecule has 4 aromatic heterocycles. The fourth-order valence-corrected chi connectivity index (χ4v) is 16.5. The molecule has 4 aromatic rings. The van der Waals surface area contributed by atoms with E-state index in [4.69, 9.17) is 0 Å². The second-order valence-electron chi connectivity index (χ2n) is 21.7. The second kappa shape index (κ2) is 41.0. The van der Waals surface area contributed by atoms with Crippen LogP contribution in [0, 0.1) is 11.8 Å². The zero-order valence-electron chi connectivity index (χ0n) is 45.7. The zero-order valence-corrected chi connectivity index (χ0v) is 52.1. The van der Waals surface area contributed by atoms with Gasteiger partial charge in [-0.3, -0.25) is 0 Å². The van der Waals surface area contributed by atoms with Gasteiger partial charge >= 0.3 is 0 Å². The highest BCUT2D eigenvalue weighted by Gasteiger charge is 2.23. The molecule has 398 valence electrons. The third kappa shape index (κ3) is 27.0. The number of thiophene rings is 4. The van der Waals surface area contributed by atoms with Crippen LogP contribution in [0.25, 0.3) is 29.3 Å². The highest BCUT2D eigenvalue weighted by atomic mass is 79.9. The van der Waals surface area contributed by atoms with Gasteiger partial charge in [0.15, 0.2) is 0 Å². The topological polar surface area (TPSA) is 0 Å². The Hall–Kier alpha value is -0.240. The predicted octanol–water partition coefficient (Wildman–Crippen LogP) is 26.5. The molecule has 4 heterocycles. The summed E-state index contributed by atoms with van der Waals surface area (Å²) in [6.07, 6.45) is 59.1. The smallest absolute Gasteiger partial charge is 0.0705 e. The maximum absolute atomic E-state index is 3.87. The molecule has 0 fully saturated rings. The van der Waals surface area contributed by atoms with Crippen LogP contribution in [0.3, 0.4) is 0 Å². The van der Waals surface area contributed by atoms with Crippen LogP contribution in [-0.2, 0) is 12.8 Å². The molecule has 0 aliphatic heterocycles. The van der Waals surface area contributed by atoms with Gasteiger partial charge in [-0.2, -0.15) is 0 Å². The van der Waals surface area contributed by atoms with Crippen LogP contribution in [0.4, 0.5) is 0 Å². The molecule has 6 heteroatoms. The van der Waals surface area contributed by atoms with Crippen LogP contribution in [0.2, 0.25) is 0 Å². The molecule has 70 heavy (non-hydrogen) atoms. The fourth-order valence-electron chi connectivity index (χ4n) is 11.0. The summed E-state index contributed by atoms with van der Waals surface area (Å²) < 4.78 is 2.50. The summed E-state index contributed by atoms with van der Waals surface area (Å²) in [6, 6.07) is 14.7. The summed E-state index contributed by atoms with van der Waals surface area (Å²) >= 11 is 15.8. The molecule has 0 amide bonds. The van der Waals surface area contributed by atoms with Crippen LogP contribution in [0.15, 0.2) is 44.0 Å². The summed E-state index contributed by atoms with van der Waals surface area (Å²) in [5, 5.41) is 0. The average Bonchev–Trinajstić information content (AvgIpc) is 4.19. The Morgan fingerprint density at radius 2 is 0.543 bits per heavy atom. The Labute approximate surface area is 466 Å². The van der Waals surface area contributed by atoms with Crippen molar-refractivity contribution in [1.82, 2.24) is 0 Å². The van der Waals surface area contributed by atoms with Crippen LogP contribution >= 0.6 is 77.2 Å². The maximum Gasteiger partial charge on any atom is 0.0705 e. The van der Waals surface area contributed by atoms with E-state index in [1.807, 2.05) is 22.7 Å². The van der Waals surface area contributed by atoms with E-state index in [1.54, 1.807) is 20.9 Å². The molecule has 0 nitrogen and oxygen atoms in total. The first kappa shape index (κ1) is 62.3. The molecular formula is C64H104Br2S4. The lowest BCUT2D eigenvalue weighted by Crippen LogP contribution is -2.05. The Bertz CT molecular complexity index is 1680. The normalized spacial score (nSPS) is 12.7. The molecule has 2 unspecified atom stereocenters. The van der Waals surface area contributed by atoms with E-state index >= 15 is 0 Å². The van der Waals surface area contributed by atoms with Gasteiger partial charge < -0.3 is 0 Å². The molecule has 0 aromatic carbocycles. The first-order chi connectivity index (χ1) is 34.4. The van der Waals surface area contributed by atoms with E-state index < -0.39 is 0 Å². The van der Waals surface area contributed by atoms with Gasteiger partial charge in [0.2, 0.25) is 0 Å². The molecule has 0 saturated carbocycles. The first-order valence-electron chi connectivity index (χ1n) is 30.2. The van der Waals surface area contributed by atoms with E-state index in [0.717, 1.165) is 11.8 Å². The number of hydrogen-bond donors (Lipinski definition) is 0. The van der Waals surface area contributed by atoms with Crippen molar-refractivity contribution in [1.29, 1.82) is 0 Å². The van der Waals surface area contributed by atoms with Crippen LogP contribution < -0.4 is 0 Å². The number of halogens is 2. The fraction of sp³-hybridized carbons (Fsp3) is 0.750. The Morgan fingerprint density at radius 3 is 0.771 bits per heavy atom. The first-order valence-corrected chi connectivity index (χ1v) is 35.1. The van der Waals surface area contributed by atoms with E-state index in [2.05, 4.69) is 119 Å². The van der Waals surface area contributed by atoms with E-state index in [9.17, 15) is 0 Å². The van der Waals surface area contributed by atoms with Gasteiger partial charge in [0.1, 0.15) is 0 Å². The maximum atomic E-state index is 3.87. The van der Waals surface area contributed by atoms with Gasteiger partial charge in [0, 0.05) is 29.3 Å². The number of unbranched alkanes of at least 4 members (excludes halogenated alkanes) is 32. The minimum Gasteiger partial charge on any atom is -0.133 e. The van der Waals surface area contributed by atoms with E-state index in [-0.39, 0.29) is 0 Å². The second-order valence-corrected chi connectivity index (χ2v) is 28.8. The van der Waals surface area contributed by atoms with Crippen molar-refractivity contribution in [2.75, 3.05) is 0 Å². The lowest BCUT2D eigenvalue weighted by atomic mass is 9.88. The van der Waals surface area contributed by atoms with Gasteiger partial charge in [-0.15, -0.1) is 45.3 Å². The third-order valence-electron chi connectivity index (χ3n) is 15.3. The van der Waals surface area contributed by atoms with Crippen molar-refractivity contribution in [2.24, 2.45) is 11.8 Å². The third-order valence-corrected chi connectivity index (χ3v) is 21.5. The zero-order chi connectivity index (χ0) is 49.7. The van der Waals surface area contributed by atoms with Gasteiger partial charge in [-0.05, 0) is 104 Å². The highest BCUT2D eigenvalue weighted by Crippen LogP contribution is 2.49. The summed E-state index contributed by atoms with van der Waals surface area (Å²) in [5.74, 6) is 1.55. The molecule has 0 spiro atoms. The van der Waals surface area contributed by atoms with Crippen molar-refractivity contribution in [3.05, 3.63) is 55.1 Å². The summed E-state index contributed by atoms with van der Waals surface area (Å²) in [7, 11) is 0. The highest BCUT2D eigenvalue weighted by molar-refractivity contribution is 9.11. The summed E-state index contributed by atoms with van der Waals surface area (Å²) in [6.45, 7) is 9.33.